The maximum atomic E-state index is 6.02. The third kappa shape index (κ3) is 3.80. The minimum absolute atomic E-state index is 0.509. The van der Waals surface area contributed by atoms with Crippen molar-refractivity contribution in [2.45, 2.75) is 32.6 Å². The number of fused-ring (bicyclic) bond motifs is 1. The number of oxazole rings is 1. The number of allylic oxidation sites excluding steroid dienone is 2. The molecule has 0 atom stereocenters. The molecular formula is C25H27N3O2. The summed E-state index contributed by atoms with van der Waals surface area (Å²) in [6, 6.07) is 15.4. The zero-order valence-electron chi connectivity index (χ0n) is 17.4. The van der Waals surface area contributed by atoms with Gasteiger partial charge in [0.05, 0.1) is 18.6 Å². The van der Waals surface area contributed by atoms with E-state index in [1.807, 2.05) is 6.92 Å². The van der Waals surface area contributed by atoms with Crippen molar-refractivity contribution in [3.05, 3.63) is 71.6 Å². The minimum atomic E-state index is 0.509. The Morgan fingerprint density at radius 1 is 1.10 bits per heavy atom. The standard InChI is InChI=1S/C25H27N3O2/c1-2-29-21-13-10-18-6-5-7-23(22(18)16-21)27-25-26-17-24(30-25)19-8-11-20(12-9-19)28-14-3-4-15-28/h5-9,11-13,17H,2-4,10,14-16H2,1H3,(H,26,27). The van der Waals surface area contributed by atoms with Crippen molar-refractivity contribution in [2.75, 3.05) is 29.9 Å². The summed E-state index contributed by atoms with van der Waals surface area (Å²) in [5.41, 5.74) is 5.90. The predicted octanol–water partition coefficient (Wildman–Crippen LogP) is 5.70. The van der Waals surface area contributed by atoms with Gasteiger partial charge in [0.1, 0.15) is 0 Å². The van der Waals surface area contributed by atoms with Crippen molar-refractivity contribution in [1.29, 1.82) is 0 Å². The van der Waals surface area contributed by atoms with Gasteiger partial charge >= 0.3 is 0 Å². The number of aromatic nitrogens is 1. The zero-order chi connectivity index (χ0) is 20.3. The maximum absolute atomic E-state index is 6.02. The third-order valence-electron chi connectivity index (χ3n) is 5.87. The molecule has 5 nitrogen and oxygen atoms in total. The van der Waals surface area contributed by atoms with Crippen LogP contribution in [0.5, 0.6) is 0 Å². The molecule has 1 aliphatic heterocycles. The Bertz CT molecular complexity index is 1050. The molecule has 1 fully saturated rings. The van der Waals surface area contributed by atoms with Crippen LogP contribution in [-0.2, 0) is 17.6 Å². The van der Waals surface area contributed by atoms with Gasteiger partial charge in [0.25, 0.3) is 6.01 Å². The van der Waals surface area contributed by atoms with Crippen molar-refractivity contribution in [2.24, 2.45) is 0 Å². The number of hydrogen-bond donors (Lipinski definition) is 1. The molecule has 0 unspecified atom stereocenters. The first-order valence-corrected chi connectivity index (χ1v) is 10.8. The molecule has 0 saturated carbocycles. The van der Waals surface area contributed by atoms with Gasteiger partial charge in [0.15, 0.2) is 5.76 Å². The van der Waals surface area contributed by atoms with Crippen molar-refractivity contribution in [3.8, 4) is 11.3 Å². The van der Waals surface area contributed by atoms with Crippen LogP contribution in [0.4, 0.5) is 17.4 Å². The van der Waals surface area contributed by atoms with Crippen LogP contribution in [0.15, 0.2) is 64.9 Å². The van der Waals surface area contributed by atoms with Crippen LogP contribution in [0, 0.1) is 0 Å². The van der Waals surface area contributed by atoms with Gasteiger partial charge in [-0.05, 0) is 73.7 Å². The topological polar surface area (TPSA) is 50.5 Å². The zero-order valence-corrected chi connectivity index (χ0v) is 17.4. The highest BCUT2D eigenvalue weighted by Crippen LogP contribution is 2.32. The summed E-state index contributed by atoms with van der Waals surface area (Å²) in [5, 5.41) is 3.37. The molecule has 2 aromatic carbocycles. The fourth-order valence-electron chi connectivity index (χ4n) is 4.31. The van der Waals surface area contributed by atoms with Gasteiger partial charge in [0, 0.05) is 36.4 Å². The molecule has 0 bridgehead atoms. The lowest BCUT2D eigenvalue weighted by Gasteiger charge is -2.20. The Morgan fingerprint density at radius 2 is 1.93 bits per heavy atom. The summed E-state index contributed by atoms with van der Waals surface area (Å²) in [5.74, 6) is 1.80. The Labute approximate surface area is 177 Å². The largest absolute Gasteiger partial charge is 0.498 e. The number of nitrogens with one attached hydrogen (secondary N) is 1. The molecule has 3 aromatic rings. The first-order chi connectivity index (χ1) is 14.8. The third-order valence-corrected chi connectivity index (χ3v) is 5.87. The van der Waals surface area contributed by atoms with E-state index in [2.05, 4.69) is 63.7 Å². The summed E-state index contributed by atoms with van der Waals surface area (Å²) in [6.07, 6.45) is 8.20. The van der Waals surface area contributed by atoms with Gasteiger partial charge in [-0.2, -0.15) is 0 Å². The van der Waals surface area contributed by atoms with Crippen molar-refractivity contribution in [3.63, 3.8) is 0 Å². The summed E-state index contributed by atoms with van der Waals surface area (Å²) in [7, 11) is 0. The van der Waals surface area contributed by atoms with E-state index >= 15 is 0 Å². The Morgan fingerprint density at radius 3 is 2.73 bits per heavy atom. The monoisotopic (exact) mass is 401 g/mol. The van der Waals surface area contributed by atoms with E-state index < -0.39 is 0 Å². The number of rotatable bonds is 6. The summed E-state index contributed by atoms with van der Waals surface area (Å²) in [4.78, 5) is 6.89. The molecule has 5 rings (SSSR count). The Hall–Kier alpha value is -3.21. The SMILES string of the molecule is CCOC1=CCc2cccc(Nc3ncc(-c4ccc(N5CCCC5)cc4)o3)c2C1. The van der Waals surface area contributed by atoms with Crippen LogP contribution < -0.4 is 10.2 Å². The minimum Gasteiger partial charge on any atom is -0.498 e. The average molecular weight is 402 g/mol. The molecule has 1 saturated heterocycles. The van der Waals surface area contributed by atoms with Crippen LogP contribution in [0.1, 0.15) is 30.9 Å². The molecule has 0 spiro atoms. The predicted molar refractivity (Wildman–Crippen MR) is 120 cm³/mol. The molecule has 0 radical (unpaired) electrons. The maximum Gasteiger partial charge on any atom is 0.299 e. The molecular weight excluding hydrogens is 374 g/mol. The van der Waals surface area contributed by atoms with E-state index in [1.54, 1.807) is 6.20 Å². The van der Waals surface area contributed by atoms with Crippen molar-refractivity contribution >= 4 is 17.4 Å². The van der Waals surface area contributed by atoms with Crippen LogP contribution in [0.3, 0.4) is 0 Å². The highest BCUT2D eigenvalue weighted by Gasteiger charge is 2.17. The highest BCUT2D eigenvalue weighted by molar-refractivity contribution is 5.65. The van der Waals surface area contributed by atoms with Crippen LogP contribution in [-0.4, -0.2) is 24.7 Å². The van der Waals surface area contributed by atoms with Gasteiger partial charge in [-0.15, -0.1) is 0 Å². The lowest BCUT2D eigenvalue weighted by atomic mass is 9.94. The van der Waals surface area contributed by atoms with E-state index in [-0.39, 0.29) is 0 Å². The lowest BCUT2D eigenvalue weighted by molar-refractivity contribution is 0.220. The molecule has 1 aromatic heterocycles. The van der Waals surface area contributed by atoms with Crippen LogP contribution >= 0.6 is 0 Å². The van der Waals surface area contributed by atoms with Crippen molar-refractivity contribution < 1.29 is 9.15 Å². The summed E-state index contributed by atoms with van der Waals surface area (Å²) >= 11 is 0. The van der Waals surface area contributed by atoms with Gasteiger partial charge in [-0.25, -0.2) is 4.98 Å². The molecule has 1 N–H and O–H groups in total. The quantitative estimate of drug-likeness (QED) is 0.574. The molecule has 154 valence electrons. The van der Waals surface area contributed by atoms with E-state index in [0.717, 1.165) is 48.7 Å². The van der Waals surface area contributed by atoms with Gasteiger partial charge in [-0.3, -0.25) is 0 Å². The van der Waals surface area contributed by atoms with Gasteiger partial charge < -0.3 is 19.4 Å². The van der Waals surface area contributed by atoms with Crippen LogP contribution in [0.2, 0.25) is 0 Å². The number of hydrogen-bond acceptors (Lipinski definition) is 5. The highest BCUT2D eigenvalue weighted by atomic mass is 16.5. The first-order valence-electron chi connectivity index (χ1n) is 10.8. The van der Waals surface area contributed by atoms with E-state index in [9.17, 15) is 0 Å². The number of ether oxygens (including phenoxy) is 1. The molecule has 2 aliphatic rings. The van der Waals surface area contributed by atoms with E-state index in [1.165, 1.54) is 29.7 Å². The van der Waals surface area contributed by atoms with Gasteiger partial charge in [0.2, 0.25) is 0 Å². The smallest absolute Gasteiger partial charge is 0.299 e. The van der Waals surface area contributed by atoms with Crippen molar-refractivity contribution in [1.82, 2.24) is 4.98 Å². The molecule has 5 heteroatoms. The summed E-state index contributed by atoms with van der Waals surface area (Å²) < 4.78 is 11.8. The molecule has 1 aliphatic carbocycles. The molecule has 30 heavy (non-hydrogen) atoms. The fraction of sp³-hybridized carbons (Fsp3) is 0.320. The second-order valence-electron chi connectivity index (χ2n) is 7.82. The number of nitrogens with zero attached hydrogens (tertiary/aromatic N) is 2. The van der Waals surface area contributed by atoms with Gasteiger partial charge in [-0.1, -0.05) is 12.1 Å². The van der Waals surface area contributed by atoms with Crippen LogP contribution in [0.25, 0.3) is 11.3 Å². The number of benzene rings is 2. The Balaban J connectivity index is 1.32. The second-order valence-corrected chi connectivity index (χ2v) is 7.82. The number of anilines is 3. The van der Waals surface area contributed by atoms with E-state index in [0.29, 0.717) is 12.6 Å². The van der Waals surface area contributed by atoms with E-state index in [4.69, 9.17) is 9.15 Å². The second kappa shape index (κ2) is 8.27. The first kappa shape index (κ1) is 18.8. The average Bonchev–Trinajstić information content (AvgIpc) is 3.47. The Kier molecular flexibility index (Phi) is 5.18. The lowest BCUT2D eigenvalue weighted by Crippen LogP contribution is -2.17. The normalized spacial score (nSPS) is 15.6. The summed E-state index contributed by atoms with van der Waals surface area (Å²) in [6.45, 7) is 5.01. The fourth-order valence-corrected chi connectivity index (χ4v) is 4.31. The molecule has 2 heterocycles. The molecule has 0 amide bonds.